The highest BCUT2D eigenvalue weighted by molar-refractivity contribution is 6.21. The van der Waals surface area contributed by atoms with Gasteiger partial charge in [-0.05, 0) is 12.1 Å². The molecule has 0 saturated heterocycles. The fraction of sp³-hybridized carbons (Fsp3) is 0.0909. The number of amides is 2. The summed E-state index contributed by atoms with van der Waals surface area (Å²) in [4.78, 5) is 24.1. The Morgan fingerprint density at radius 1 is 1.27 bits per heavy atom. The van der Waals surface area contributed by atoms with Crippen LogP contribution in [-0.4, -0.2) is 28.9 Å². The second kappa shape index (κ2) is 2.95. The van der Waals surface area contributed by atoms with Crippen LogP contribution in [0.25, 0.3) is 5.76 Å². The van der Waals surface area contributed by atoms with Gasteiger partial charge in [0.25, 0.3) is 11.8 Å². The second-order valence-electron chi connectivity index (χ2n) is 3.38. The molecule has 0 spiro atoms. The minimum absolute atomic E-state index is 0.118. The van der Waals surface area contributed by atoms with E-state index in [1.54, 1.807) is 6.07 Å². The molecule has 1 aromatic carbocycles. The molecule has 2 rings (SSSR count). The lowest BCUT2D eigenvalue weighted by Crippen LogP contribution is -2.24. The van der Waals surface area contributed by atoms with Crippen LogP contribution < -0.4 is 0 Å². The van der Waals surface area contributed by atoms with Gasteiger partial charge in [-0.15, -0.1) is 0 Å². The lowest BCUT2D eigenvalue weighted by Gasteiger charge is -2.02. The molecule has 4 heteroatoms. The number of aliphatic hydroxyl groups excluding tert-OH is 1. The van der Waals surface area contributed by atoms with Gasteiger partial charge in [0, 0.05) is 12.6 Å². The quantitative estimate of drug-likeness (QED) is 0.555. The van der Waals surface area contributed by atoms with Crippen molar-refractivity contribution in [2.45, 2.75) is 0 Å². The van der Waals surface area contributed by atoms with Crippen LogP contribution in [0.15, 0.2) is 24.8 Å². The van der Waals surface area contributed by atoms with Crippen LogP contribution >= 0.6 is 0 Å². The first kappa shape index (κ1) is 9.45. The molecule has 0 fully saturated rings. The van der Waals surface area contributed by atoms with E-state index in [2.05, 4.69) is 6.58 Å². The minimum Gasteiger partial charge on any atom is -0.508 e. The molecular formula is C11H9NO3. The van der Waals surface area contributed by atoms with Crippen LogP contribution in [0.3, 0.4) is 0 Å². The number of carbonyl (C=O) groups excluding carboxylic acids is 2. The van der Waals surface area contributed by atoms with Crippen molar-refractivity contribution in [2.24, 2.45) is 0 Å². The van der Waals surface area contributed by atoms with Gasteiger partial charge in [0.2, 0.25) is 0 Å². The average Bonchev–Trinajstić information content (AvgIpc) is 2.44. The lowest BCUT2D eigenvalue weighted by molar-refractivity contribution is 0.0693. The molecule has 0 unspecified atom stereocenters. The summed E-state index contributed by atoms with van der Waals surface area (Å²) >= 11 is 0. The largest absolute Gasteiger partial charge is 0.508 e. The van der Waals surface area contributed by atoms with Crippen molar-refractivity contribution in [1.29, 1.82) is 0 Å². The van der Waals surface area contributed by atoms with E-state index in [1.165, 1.54) is 19.2 Å². The first-order valence-corrected chi connectivity index (χ1v) is 4.37. The Morgan fingerprint density at radius 2 is 1.87 bits per heavy atom. The lowest BCUT2D eigenvalue weighted by atomic mass is 10.1. The van der Waals surface area contributed by atoms with Gasteiger partial charge in [-0.2, -0.15) is 0 Å². The number of nitrogens with zero attached hydrogens (tertiary/aromatic N) is 1. The standard InChI is InChI=1S/C11H9NO3/c1-6(13)7-3-4-8-9(5-7)11(15)12(2)10(8)14/h3-5,13H,1H2,2H3. The van der Waals surface area contributed by atoms with Crippen LogP contribution in [0.4, 0.5) is 0 Å². The van der Waals surface area contributed by atoms with Gasteiger partial charge in [0.05, 0.1) is 11.1 Å². The molecule has 1 aromatic rings. The predicted octanol–water partition coefficient (Wildman–Crippen LogP) is 1.44. The molecule has 1 aliphatic heterocycles. The summed E-state index contributed by atoms with van der Waals surface area (Å²) in [5.41, 5.74) is 1.13. The molecule has 0 radical (unpaired) electrons. The van der Waals surface area contributed by atoms with Crippen LogP contribution in [0, 0.1) is 0 Å². The van der Waals surface area contributed by atoms with E-state index in [9.17, 15) is 9.59 Å². The van der Waals surface area contributed by atoms with E-state index in [1.807, 2.05) is 0 Å². The van der Waals surface area contributed by atoms with Crippen LogP contribution in [0.5, 0.6) is 0 Å². The number of carbonyl (C=O) groups is 2. The molecule has 1 aliphatic rings. The van der Waals surface area contributed by atoms with Crippen molar-refractivity contribution in [3.63, 3.8) is 0 Å². The molecule has 0 atom stereocenters. The summed E-state index contributed by atoms with van der Waals surface area (Å²) in [5, 5.41) is 9.17. The summed E-state index contributed by atoms with van der Waals surface area (Å²) in [6.45, 7) is 3.36. The molecule has 4 nitrogen and oxygen atoms in total. The number of hydrogen-bond donors (Lipinski definition) is 1. The van der Waals surface area contributed by atoms with Crippen molar-refractivity contribution < 1.29 is 14.7 Å². The highest BCUT2D eigenvalue weighted by Gasteiger charge is 2.32. The normalized spacial score (nSPS) is 14.3. The van der Waals surface area contributed by atoms with Crippen molar-refractivity contribution >= 4 is 17.6 Å². The molecule has 0 aliphatic carbocycles. The molecule has 15 heavy (non-hydrogen) atoms. The zero-order chi connectivity index (χ0) is 11.2. The second-order valence-corrected chi connectivity index (χ2v) is 3.38. The maximum atomic E-state index is 11.6. The number of benzene rings is 1. The average molecular weight is 203 g/mol. The Labute approximate surface area is 86.4 Å². The van der Waals surface area contributed by atoms with Gasteiger partial charge in [0.15, 0.2) is 0 Å². The van der Waals surface area contributed by atoms with Crippen molar-refractivity contribution in [3.8, 4) is 0 Å². The van der Waals surface area contributed by atoms with Crippen molar-refractivity contribution in [3.05, 3.63) is 41.5 Å². The van der Waals surface area contributed by atoms with E-state index >= 15 is 0 Å². The summed E-state index contributed by atoms with van der Waals surface area (Å²) in [6.07, 6.45) is 0. The van der Waals surface area contributed by atoms with E-state index in [4.69, 9.17) is 5.11 Å². The summed E-state index contributed by atoms with van der Waals surface area (Å²) in [5.74, 6) is -0.782. The van der Waals surface area contributed by atoms with Gasteiger partial charge in [0.1, 0.15) is 5.76 Å². The molecular weight excluding hydrogens is 194 g/mol. The van der Waals surface area contributed by atoms with Gasteiger partial charge >= 0.3 is 0 Å². The first-order valence-electron chi connectivity index (χ1n) is 4.37. The highest BCUT2D eigenvalue weighted by atomic mass is 16.3. The summed E-state index contributed by atoms with van der Waals surface area (Å²) in [6, 6.07) is 4.56. The Balaban J connectivity index is 2.61. The molecule has 76 valence electrons. The fourth-order valence-corrected chi connectivity index (χ4v) is 1.54. The Hall–Kier alpha value is -2.10. The zero-order valence-electron chi connectivity index (χ0n) is 8.15. The van der Waals surface area contributed by atoms with Crippen molar-refractivity contribution in [1.82, 2.24) is 4.90 Å². The van der Waals surface area contributed by atoms with Crippen LogP contribution in [-0.2, 0) is 0 Å². The number of imide groups is 1. The predicted molar refractivity (Wildman–Crippen MR) is 54.5 cm³/mol. The smallest absolute Gasteiger partial charge is 0.261 e. The number of hydrogen-bond acceptors (Lipinski definition) is 3. The van der Waals surface area contributed by atoms with Gasteiger partial charge in [-0.25, -0.2) is 0 Å². The molecule has 1 N–H and O–H groups in total. The van der Waals surface area contributed by atoms with E-state index in [0.29, 0.717) is 16.7 Å². The SMILES string of the molecule is C=C(O)c1ccc2c(c1)C(=O)N(C)C2=O. The Kier molecular flexibility index (Phi) is 1.86. The molecule has 1 heterocycles. The summed E-state index contributed by atoms with van der Waals surface area (Å²) < 4.78 is 0. The number of fused-ring (bicyclic) bond motifs is 1. The maximum Gasteiger partial charge on any atom is 0.261 e. The van der Waals surface area contributed by atoms with Gasteiger partial charge in [-0.1, -0.05) is 12.6 Å². The van der Waals surface area contributed by atoms with Gasteiger partial charge < -0.3 is 5.11 Å². The third kappa shape index (κ3) is 1.22. The summed E-state index contributed by atoms with van der Waals surface area (Å²) in [7, 11) is 1.43. The minimum atomic E-state index is -0.349. The Bertz CT molecular complexity index is 491. The third-order valence-corrected chi connectivity index (χ3v) is 2.42. The first-order chi connectivity index (χ1) is 7.02. The molecule has 0 bridgehead atoms. The number of aliphatic hydroxyl groups is 1. The van der Waals surface area contributed by atoms with Gasteiger partial charge in [-0.3, -0.25) is 14.5 Å². The zero-order valence-corrected chi connectivity index (χ0v) is 8.15. The van der Waals surface area contributed by atoms with E-state index in [0.717, 1.165) is 4.90 Å². The van der Waals surface area contributed by atoms with E-state index in [-0.39, 0.29) is 17.6 Å². The van der Waals surface area contributed by atoms with Crippen LogP contribution in [0.2, 0.25) is 0 Å². The third-order valence-electron chi connectivity index (χ3n) is 2.42. The maximum absolute atomic E-state index is 11.6. The highest BCUT2D eigenvalue weighted by Crippen LogP contribution is 2.24. The number of rotatable bonds is 1. The molecule has 0 aromatic heterocycles. The van der Waals surface area contributed by atoms with Crippen molar-refractivity contribution in [2.75, 3.05) is 7.05 Å². The van der Waals surface area contributed by atoms with Crippen LogP contribution in [0.1, 0.15) is 26.3 Å². The topological polar surface area (TPSA) is 57.6 Å². The molecule has 0 saturated carbocycles. The fourth-order valence-electron chi connectivity index (χ4n) is 1.54. The van der Waals surface area contributed by atoms with E-state index < -0.39 is 0 Å². The molecule has 2 amide bonds. The monoisotopic (exact) mass is 203 g/mol. The Morgan fingerprint density at radius 3 is 2.47 bits per heavy atom.